The van der Waals surface area contributed by atoms with Gasteiger partial charge in [-0.05, 0) is 0 Å². The lowest BCUT2D eigenvalue weighted by Gasteiger charge is -1.89. The Balaban J connectivity index is 2.60. The number of fused-ring (bicyclic) bond motifs is 1. The number of carbonyl (C=O) groups is 2. The Labute approximate surface area is 77.3 Å². The van der Waals surface area contributed by atoms with Gasteiger partial charge >= 0.3 is 0 Å². The van der Waals surface area contributed by atoms with Crippen LogP contribution >= 0.6 is 11.3 Å². The maximum Gasteiger partial charge on any atom is 0.262 e. The molecule has 0 spiro atoms. The topological polar surface area (TPSA) is 84.5 Å². The van der Waals surface area contributed by atoms with Crippen molar-refractivity contribution in [3.8, 4) is 0 Å². The van der Waals surface area contributed by atoms with Gasteiger partial charge in [-0.1, -0.05) is 0 Å². The minimum atomic E-state index is -0.401. The summed E-state index contributed by atoms with van der Waals surface area (Å²) < 4.78 is 0. The van der Waals surface area contributed by atoms with E-state index in [0.717, 1.165) is 6.34 Å². The Morgan fingerprint density at radius 2 is 2.23 bits per heavy atom. The third-order valence-electron chi connectivity index (χ3n) is 1.66. The van der Waals surface area contributed by atoms with E-state index in [-0.39, 0.29) is 5.91 Å². The Kier molecular flexibility index (Phi) is 1.63. The molecule has 1 aromatic heterocycles. The highest BCUT2D eigenvalue weighted by Gasteiger charge is 2.31. The third-order valence-corrected chi connectivity index (χ3v) is 2.55. The molecule has 0 saturated carbocycles. The van der Waals surface area contributed by atoms with Gasteiger partial charge in [0.15, 0.2) is 0 Å². The van der Waals surface area contributed by atoms with E-state index in [2.05, 4.69) is 10.3 Å². The van der Waals surface area contributed by atoms with Crippen molar-refractivity contribution in [2.45, 2.75) is 0 Å². The van der Waals surface area contributed by atoms with Crippen LogP contribution in [-0.4, -0.2) is 18.2 Å². The molecular formula is C7H5N3O2S. The average molecular weight is 195 g/mol. The molecule has 3 N–H and O–H groups in total. The number of amides is 2. The lowest BCUT2D eigenvalue weighted by atomic mass is 10.2. The quantitative estimate of drug-likeness (QED) is 0.382. The van der Waals surface area contributed by atoms with Crippen LogP contribution in [0.3, 0.4) is 0 Å². The molecule has 0 saturated heterocycles. The smallest absolute Gasteiger partial charge is 0.262 e. The first kappa shape index (κ1) is 7.93. The normalized spacial score (nSPS) is 15.1. The summed E-state index contributed by atoms with van der Waals surface area (Å²) in [5.74, 6) is -0.767. The van der Waals surface area contributed by atoms with E-state index in [0.29, 0.717) is 16.1 Å². The molecule has 5 nitrogen and oxygen atoms in total. The number of nitrogens with one attached hydrogen (secondary N) is 1. The van der Waals surface area contributed by atoms with Gasteiger partial charge < -0.3 is 5.73 Å². The summed E-state index contributed by atoms with van der Waals surface area (Å²) in [5, 5.41) is 4.24. The maximum atomic E-state index is 11.2. The molecule has 2 heterocycles. The van der Waals surface area contributed by atoms with Crippen LogP contribution in [0.4, 0.5) is 5.00 Å². The van der Waals surface area contributed by atoms with E-state index < -0.39 is 5.91 Å². The molecule has 0 aromatic carbocycles. The summed E-state index contributed by atoms with van der Waals surface area (Å²) >= 11 is 1.22. The molecule has 2 rings (SSSR count). The second kappa shape index (κ2) is 2.67. The van der Waals surface area contributed by atoms with Crippen molar-refractivity contribution in [2.75, 3.05) is 0 Å². The van der Waals surface area contributed by atoms with Crippen LogP contribution in [0.1, 0.15) is 20.7 Å². The second-order valence-electron chi connectivity index (χ2n) is 2.39. The Hall–Kier alpha value is -1.69. The van der Waals surface area contributed by atoms with Crippen molar-refractivity contribution >= 4 is 34.5 Å². The van der Waals surface area contributed by atoms with Gasteiger partial charge in [0.25, 0.3) is 11.8 Å². The number of hydrogen-bond acceptors (Lipinski definition) is 4. The molecule has 1 aliphatic rings. The van der Waals surface area contributed by atoms with Crippen molar-refractivity contribution in [2.24, 2.45) is 10.7 Å². The van der Waals surface area contributed by atoms with Crippen LogP contribution in [-0.2, 0) is 0 Å². The number of aliphatic imine (C=N–C) groups is 1. The van der Waals surface area contributed by atoms with Gasteiger partial charge in [0.1, 0.15) is 5.00 Å². The lowest BCUT2D eigenvalue weighted by Crippen LogP contribution is -2.20. The van der Waals surface area contributed by atoms with E-state index in [1.807, 2.05) is 0 Å². The summed E-state index contributed by atoms with van der Waals surface area (Å²) in [6, 6.07) is 0. The number of thiophene rings is 1. The van der Waals surface area contributed by atoms with E-state index in [9.17, 15) is 9.59 Å². The van der Waals surface area contributed by atoms with Crippen LogP contribution < -0.4 is 11.1 Å². The number of hydrogen-bond donors (Lipinski definition) is 2. The zero-order chi connectivity index (χ0) is 9.42. The van der Waals surface area contributed by atoms with E-state index in [4.69, 9.17) is 5.73 Å². The molecule has 0 radical (unpaired) electrons. The van der Waals surface area contributed by atoms with Crippen LogP contribution in [0.2, 0.25) is 0 Å². The first-order valence-corrected chi connectivity index (χ1v) is 4.33. The Morgan fingerprint density at radius 3 is 2.92 bits per heavy atom. The standard InChI is InChI=1S/C7H5N3O2S/c8-2-9-7-4-3(1-13-7)5(11)10-6(4)12/h1-2H,(H2,8,9)(H,10,11,12). The van der Waals surface area contributed by atoms with E-state index in [1.54, 1.807) is 5.38 Å². The van der Waals surface area contributed by atoms with Crippen molar-refractivity contribution < 1.29 is 9.59 Å². The van der Waals surface area contributed by atoms with Gasteiger partial charge in [-0.15, -0.1) is 11.3 Å². The van der Waals surface area contributed by atoms with Gasteiger partial charge in [-0.3, -0.25) is 14.9 Å². The first-order chi connectivity index (χ1) is 6.24. The van der Waals surface area contributed by atoms with Crippen molar-refractivity contribution in [1.82, 2.24) is 5.32 Å². The van der Waals surface area contributed by atoms with Gasteiger partial charge in [0, 0.05) is 5.38 Å². The predicted molar refractivity (Wildman–Crippen MR) is 48.5 cm³/mol. The summed E-state index contributed by atoms with van der Waals surface area (Å²) in [7, 11) is 0. The zero-order valence-corrected chi connectivity index (χ0v) is 7.22. The van der Waals surface area contributed by atoms with Crippen LogP contribution in [0.25, 0.3) is 0 Å². The maximum absolute atomic E-state index is 11.2. The van der Waals surface area contributed by atoms with Crippen LogP contribution in [0.15, 0.2) is 10.4 Å². The average Bonchev–Trinajstić information content (AvgIpc) is 2.58. The summed E-state index contributed by atoms with van der Waals surface area (Å²) in [4.78, 5) is 26.1. The second-order valence-corrected chi connectivity index (χ2v) is 3.25. The molecular weight excluding hydrogens is 190 g/mol. The lowest BCUT2D eigenvalue weighted by molar-refractivity contribution is 0.0880. The SMILES string of the molecule is NC=Nc1scc2c1C(=O)NC2=O. The molecule has 2 amide bonds. The molecule has 0 bridgehead atoms. The fourth-order valence-electron chi connectivity index (χ4n) is 1.13. The molecule has 66 valence electrons. The van der Waals surface area contributed by atoms with E-state index >= 15 is 0 Å². The number of nitrogens with two attached hydrogens (primary N) is 1. The Bertz CT molecular complexity index is 421. The Morgan fingerprint density at radius 1 is 1.46 bits per heavy atom. The van der Waals surface area contributed by atoms with Gasteiger partial charge in [-0.2, -0.15) is 0 Å². The number of rotatable bonds is 1. The molecule has 0 fully saturated rings. The van der Waals surface area contributed by atoms with Gasteiger partial charge in [-0.25, -0.2) is 4.99 Å². The van der Waals surface area contributed by atoms with Crippen molar-refractivity contribution in [3.05, 3.63) is 16.5 Å². The molecule has 13 heavy (non-hydrogen) atoms. The zero-order valence-electron chi connectivity index (χ0n) is 6.40. The van der Waals surface area contributed by atoms with Crippen LogP contribution in [0.5, 0.6) is 0 Å². The highest BCUT2D eigenvalue weighted by atomic mass is 32.1. The molecule has 1 aromatic rings. The minimum absolute atomic E-state index is 0.330. The van der Waals surface area contributed by atoms with Crippen molar-refractivity contribution in [1.29, 1.82) is 0 Å². The summed E-state index contributed by atoms with van der Waals surface area (Å²) in [6.45, 7) is 0. The largest absolute Gasteiger partial charge is 0.390 e. The number of carbonyl (C=O) groups excluding carboxylic acids is 2. The van der Waals surface area contributed by atoms with E-state index in [1.165, 1.54) is 11.3 Å². The molecule has 1 aliphatic heterocycles. The monoisotopic (exact) mass is 195 g/mol. The number of imide groups is 1. The van der Waals surface area contributed by atoms with Gasteiger partial charge in [0.2, 0.25) is 0 Å². The number of nitrogens with zero attached hydrogens (tertiary/aromatic N) is 1. The molecule has 0 aliphatic carbocycles. The summed E-state index contributed by atoms with van der Waals surface area (Å²) in [5.41, 5.74) is 5.81. The fraction of sp³-hybridized carbons (Fsp3) is 0. The molecule has 0 atom stereocenters. The van der Waals surface area contributed by atoms with Crippen molar-refractivity contribution in [3.63, 3.8) is 0 Å². The fourth-order valence-corrected chi connectivity index (χ4v) is 2.03. The highest BCUT2D eigenvalue weighted by Crippen LogP contribution is 2.33. The highest BCUT2D eigenvalue weighted by molar-refractivity contribution is 7.14. The first-order valence-electron chi connectivity index (χ1n) is 3.45. The molecule has 0 unspecified atom stereocenters. The summed E-state index contributed by atoms with van der Waals surface area (Å²) in [6.07, 6.45) is 1.10. The minimum Gasteiger partial charge on any atom is -0.390 e. The van der Waals surface area contributed by atoms with Crippen LogP contribution in [0, 0.1) is 0 Å². The third kappa shape index (κ3) is 1.03. The van der Waals surface area contributed by atoms with Gasteiger partial charge in [0.05, 0.1) is 17.5 Å². The predicted octanol–water partition coefficient (Wildman–Crippen LogP) is 0.250. The molecule has 6 heteroatoms.